The van der Waals surface area contributed by atoms with Gasteiger partial charge in [-0.3, -0.25) is 9.48 Å². The standard InChI is InChI=1S/C20H18F4N4O2/c1-2-27-8-11(5-17(27)30)9-28-10-12-6-15(21)18(25-19(12)26-28)14-4-3-13(7-16(14)29)20(22,23)24/h3-4,6-7,10-11,29H,2,5,8-9H2,1H3/t11-/m1/s1. The number of carbonyl (C=O) groups is 1. The van der Waals surface area contributed by atoms with E-state index in [1.54, 1.807) is 15.8 Å². The Hall–Kier alpha value is -3.17. The number of aromatic nitrogens is 3. The van der Waals surface area contributed by atoms with E-state index in [1.807, 2.05) is 6.92 Å². The van der Waals surface area contributed by atoms with Gasteiger partial charge in [0.25, 0.3) is 0 Å². The zero-order chi connectivity index (χ0) is 21.6. The van der Waals surface area contributed by atoms with Crippen molar-refractivity contribution in [2.45, 2.75) is 26.1 Å². The smallest absolute Gasteiger partial charge is 0.416 e. The van der Waals surface area contributed by atoms with Crippen LogP contribution >= 0.6 is 0 Å². The van der Waals surface area contributed by atoms with Crippen molar-refractivity contribution in [1.82, 2.24) is 19.7 Å². The molecule has 0 unspecified atom stereocenters. The van der Waals surface area contributed by atoms with Crippen molar-refractivity contribution in [1.29, 1.82) is 0 Å². The third-order valence-corrected chi connectivity index (χ3v) is 5.20. The Morgan fingerprint density at radius 1 is 1.27 bits per heavy atom. The summed E-state index contributed by atoms with van der Waals surface area (Å²) in [5.74, 6) is -1.34. The first kappa shape index (κ1) is 20.1. The Morgan fingerprint density at radius 2 is 2.03 bits per heavy atom. The molecule has 1 N–H and O–H groups in total. The first-order valence-corrected chi connectivity index (χ1v) is 9.37. The lowest BCUT2D eigenvalue weighted by Gasteiger charge is -2.13. The van der Waals surface area contributed by atoms with E-state index in [-0.39, 0.29) is 28.7 Å². The number of aromatic hydroxyl groups is 1. The monoisotopic (exact) mass is 422 g/mol. The zero-order valence-electron chi connectivity index (χ0n) is 15.9. The second-order valence-corrected chi connectivity index (χ2v) is 7.31. The van der Waals surface area contributed by atoms with Crippen LogP contribution in [0.2, 0.25) is 0 Å². The Labute approximate surface area is 168 Å². The molecule has 0 radical (unpaired) electrons. The normalized spacial score (nSPS) is 17.3. The maximum atomic E-state index is 14.6. The summed E-state index contributed by atoms with van der Waals surface area (Å²) in [6.45, 7) is 3.63. The summed E-state index contributed by atoms with van der Waals surface area (Å²) in [7, 11) is 0. The van der Waals surface area contributed by atoms with Crippen molar-refractivity contribution in [3.05, 3.63) is 41.8 Å². The van der Waals surface area contributed by atoms with Crippen LogP contribution in [0.15, 0.2) is 30.5 Å². The minimum absolute atomic E-state index is 0.0787. The van der Waals surface area contributed by atoms with Crippen molar-refractivity contribution in [3.8, 4) is 17.0 Å². The number of hydrogen-bond acceptors (Lipinski definition) is 4. The van der Waals surface area contributed by atoms with Crippen LogP contribution in [0.25, 0.3) is 22.3 Å². The lowest BCUT2D eigenvalue weighted by atomic mass is 10.1. The summed E-state index contributed by atoms with van der Waals surface area (Å²) >= 11 is 0. The maximum absolute atomic E-state index is 14.6. The van der Waals surface area contributed by atoms with Crippen LogP contribution in [-0.2, 0) is 17.5 Å². The van der Waals surface area contributed by atoms with E-state index in [0.29, 0.717) is 37.5 Å². The van der Waals surface area contributed by atoms with Crippen LogP contribution < -0.4 is 0 Å². The molecule has 1 fully saturated rings. The van der Waals surface area contributed by atoms with Crippen LogP contribution in [-0.4, -0.2) is 43.8 Å². The van der Waals surface area contributed by atoms with Crippen LogP contribution in [0.5, 0.6) is 5.75 Å². The highest BCUT2D eigenvalue weighted by molar-refractivity contribution is 5.80. The molecule has 0 spiro atoms. The number of carbonyl (C=O) groups excluding carboxylic acids is 1. The lowest BCUT2D eigenvalue weighted by molar-refractivity contribution is -0.137. The molecule has 6 nitrogen and oxygen atoms in total. The van der Waals surface area contributed by atoms with E-state index in [4.69, 9.17) is 0 Å². The molecule has 1 saturated heterocycles. The van der Waals surface area contributed by atoms with Gasteiger partial charge in [0.05, 0.1) is 5.56 Å². The SMILES string of the molecule is CCN1C[C@H](Cn2cc3cc(F)c(-c4ccc(C(F)(F)F)cc4O)nc3n2)CC1=O. The number of benzene rings is 1. The molecular weight excluding hydrogens is 404 g/mol. The Bertz CT molecular complexity index is 1130. The number of amides is 1. The van der Waals surface area contributed by atoms with Gasteiger partial charge in [0.15, 0.2) is 5.65 Å². The average Bonchev–Trinajstić information content (AvgIpc) is 3.22. The van der Waals surface area contributed by atoms with Gasteiger partial charge in [0.1, 0.15) is 17.3 Å². The minimum Gasteiger partial charge on any atom is -0.507 e. The van der Waals surface area contributed by atoms with Crippen LogP contribution in [0.4, 0.5) is 17.6 Å². The molecule has 10 heteroatoms. The Morgan fingerprint density at radius 3 is 2.67 bits per heavy atom. The van der Waals surface area contributed by atoms with Crippen molar-refractivity contribution in [2.75, 3.05) is 13.1 Å². The highest BCUT2D eigenvalue weighted by Gasteiger charge is 2.32. The van der Waals surface area contributed by atoms with Gasteiger partial charge in [-0.2, -0.15) is 18.3 Å². The molecule has 2 aromatic heterocycles. The number of alkyl halides is 3. The molecule has 0 aliphatic carbocycles. The summed E-state index contributed by atoms with van der Waals surface area (Å²) < 4.78 is 54.6. The van der Waals surface area contributed by atoms with Gasteiger partial charge in [-0.05, 0) is 31.2 Å². The number of fused-ring (bicyclic) bond motifs is 1. The van der Waals surface area contributed by atoms with Crippen molar-refractivity contribution < 1.29 is 27.5 Å². The summed E-state index contributed by atoms with van der Waals surface area (Å²) in [4.78, 5) is 17.8. The van der Waals surface area contributed by atoms with E-state index in [2.05, 4.69) is 10.1 Å². The van der Waals surface area contributed by atoms with E-state index in [9.17, 15) is 27.5 Å². The quantitative estimate of drug-likeness (QED) is 0.649. The van der Waals surface area contributed by atoms with E-state index >= 15 is 0 Å². The Kier molecular flexibility index (Phi) is 4.87. The molecule has 1 aromatic carbocycles. The fourth-order valence-electron chi connectivity index (χ4n) is 3.72. The van der Waals surface area contributed by atoms with E-state index < -0.39 is 23.3 Å². The summed E-state index contributed by atoms with van der Waals surface area (Å²) in [6, 6.07) is 3.46. The fourth-order valence-corrected chi connectivity index (χ4v) is 3.72. The fraction of sp³-hybridized carbons (Fsp3) is 0.350. The largest absolute Gasteiger partial charge is 0.507 e. The van der Waals surface area contributed by atoms with Crippen LogP contribution in [0.1, 0.15) is 18.9 Å². The molecule has 1 aliphatic rings. The molecule has 0 saturated carbocycles. The van der Waals surface area contributed by atoms with E-state index in [1.165, 1.54) is 6.07 Å². The third kappa shape index (κ3) is 3.69. The van der Waals surface area contributed by atoms with Crippen LogP contribution in [0, 0.1) is 11.7 Å². The second kappa shape index (κ2) is 7.26. The summed E-state index contributed by atoms with van der Waals surface area (Å²) in [6.07, 6.45) is -2.60. The molecule has 0 bridgehead atoms. The molecule has 3 heterocycles. The van der Waals surface area contributed by atoms with Crippen molar-refractivity contribution in [2.24, 2.45) is 5.92 Å². The molecule has 158 valence electrons. The highest BCUT2D eigenvalue weighted by atomic mass is 19.4. The number of hydrogen-bond donors (Lipinski definition) is 1. The second-order valence-electron chi connectivity index (χ2n) is 7.31. The molecule has 4 rings (SSSR count). The molecule has 1 atom stereocenters. The first-order chi connectivity index (χ1) is 14.2. The van der Waals surface area contributed by atoms with Crippen LogP contribution in [0.3, 0.4) is 0 Å². The van der Waals surface area contributed by atoms with Gasteiger partial charge < -0.3 is 10.0 Å². The van der Waals surface area contributed by atoms with E-state index in [0.717, 1.165) is 12.1 Å². The third-order valence-electron chi connectivity index (χ3n) is 5.20. The van der Waals surface area contributed by atoms with Gasteiger partial charge in [-0.15, -0.1) is 0 Å². The van der Waals surface area contributed by atoms with Crippen molar-refractivity contribution in [3.63, 3.8) is 0 Å². The number of pyridine rings is 1. The summed E-state index contributed by atoms with van der Waals surface area (Å²) in [5, 5.41) is 14.7. The topological polar surface area (TPSA) is 71.2 Å². The predicted molar refractivity (Wildman–Crippen MR) is 99.9 cm³/mol. The highest BCUT2D eigenvalue weighted by Crippen LogP contribution is 2.37. The number of likely N-dealkylation sites (tertiary alicyclic amines) is 1. The van der Waals surface area contributed by atoms with Crippen molar-refractivity contribution >= 4 is 16.9 Å². The molecular formula is C20H18F4N4O2. The number of rotatable bonds is 4. The lowest BCUT2D eigenvalue weighted by Crippen LogP contribution is -2.25. The van der Waals surface area contributed by atoms with Gasteiger partial charge in [0, 0.05) is 49.1 Å². The molecule has 3 aromatic rings. The molecule has 1 aliphatic heterocycles. The maximum Gasteiger partial charge on any atom is 0.416 e. The zero-order valence-corrected chi connectivity index (χ0v) is 15.9. The number of nitrogens with zero attached hydrogens (tertiary/aromatic N) is 4. The van der Waals surface area contributed by atoms with Gasteiger partial charge in [0.2, 0.25) is 5.91 Å². The van der Waals surface area contributed by atoms with Gasteiger partial charge >= 0.3 is 6.18 Å². The molecule has 30 heavy (non-hydrogen) atoms. The minimum atomic E-state index is -4.63. The average molecular weight is 422 g/mol. The van der Waals surface area contributed by atoms with Gasteiger partial charge in [-0.25, -0.2) is 9.37 Å². The number of halogens is 4. The number of phenols is 1. The first-order valence-electron chi connectivity index (χ1n) is 9.37. The predicted octanol–water partition coefficient (Wildman–Crippen LogP) is 3.83. The Balaban J connectivity index is 1.64. The number of phenolic OH excluding ortho intramolecular Hbond substituents is 1. The van der Waals surface area contributed by atoms with Gasteiger partial charge in [-0.1, -0.05) is 0 Å². The molecule has 1 amide bonds. The summed E-state index contributed by atoms with van der Waals surface area (Å²) in [5.41, 5.74) is -1.28.